The monoisotopic (exact) mass is 629 g/mol. The van der Waals surface area contributed by atoms with Gasteiger partial charge in [0.15, 0.2) is 0 Å². The smallest absolute Gasteiger partial charge is 0.407 e. The van der Waals surface area contributed by atoms with Crippen LogP contribution in [-0.4, -0.2) is 125 Å². The van der Waals surface area contributed by atoms with Crippen molar-refractivity contribution in [1.82, 2.24) is 5.32 Å². The van der Waals surface area contributed by atoms with Gasteiger partial charge in [0.1, 0.15) is 13.2 Å². The van der Waals surface area contributed by atoms with Crippen molar-refractivity contribution in [2.75, 3.05) is 119 Å². The highest BCUT2D eigenvalue weighted by Crippen LogP contribution is 2.44. The van der Waals surface area contributed by atoms with Crippen molar-refractivity contribution in [2.24, 2.45) is 0 Å². The van der Waals surface area contributed by atoms with Crippen LogP contribution in [0.4, 0.5) is 4.79 Å². The molecule has 1 aliphatic rings. The lowest BCUT2D eigenvalue weighted by Gasteiger charge is -2.14. The Hall–Kier alpha value is -3.05. The summed E-state index contributed by atoms with van der Waals surface area (Å²) in [4.78, 5) is 12.2. The molecule has 1 aliphatic carbocycles. The van der Waals surface area contributed by atoms with Crippen molar-refractivity contribution in [3.05, 3.63) is 59.7 Å². The van der Waals surface area contributed by atoms with E-state index in [2.05, 4.69) is 35.5 Å². The molecule has 0 saturated heterocycles. The van der Waals surface area contributed by atoms with Gasteiger partial charge in [-0.25, -0.2) is 4.79 Å². The number of amides is 1. The molecule has 0 aromatic heterocycles. The number of hydrogen-bond donors (Lipinski definition) is 1. The molecular weight excluding hydrogens is 582 g/mol. The quantitative estimate of drug-likeness (QED) is 0.117. The van der Waals surface area contributed by atoms with Gasteiger partial charge in [-0.15, -0.1) is 6.42 Å². The summed E-state index contributed by atoms with van der Waals surface area (Å²) in [6.45, 7) is 8.10. The fourth-order valence-corrected chi connectivity index (χ4v) is 4.55. The maximum absolute atomic E-state index is 12.2. The fourth-order valence-electron chi connectivity index (χ4n) is 4.55. The molecule has 11 heteroatoms. The first-order valence-electron chi connectivity index (χ1n) is 15.5. The van der Waals surface area contributed by atoms with Crippen LogP contribution in [0.2, 0.25) is 0 Å². The van der Waals surface area contributed by atoms with Gasteiger partial charge in [0.2, 0.25) is 0 Å². The van der Waals surface area contributed by atoms with Crippen LogP contribution in [0.25, 0.3) is 11.1 Å². The van der Waals surface area contributed by atoms with Gasteiger partial charge in [-0.05, 0) is 22.3 Å². The van der Waals surface area contributed by atoms with E-state index < -0.39 is 6.09 Å². The largest absolute Gasteiger partial charge is 0.449 e. The van der Waals surface area contributed by atoms with E-state index >= 15 is 0 Å². The molecule has 0 saturated carbocycles. The fraction of sp³-hybridized carbons (Fsp3) is 0.559. The summed E-state index contributed by atoms with van der Waals surface area (Å²) in [5.74, 6) is 2.44. The number of rotatable bonds is 27. The van der Waals surface area contributed by atoms with Crippen LogP contribution < -0.4 is 5.32 Å². The second-order valence-corrected chi connectivity index (χ2v) is 9.80. The number of nitrogens with one attached hydrogen (secondary N) is 1. The number of fused-ring (bicyclic) bond motifs is 3. The molecule has 0 fully saturated rings. The third-order valence-corrected chi connectivity index (χ3v) is 6.65. The standard InChI is InChI=1S/C34H47NO10/c1-2-12-37-14-16-39-18-20-41-22-24-43-26-27-44-25-23-42-21-19-40-17-15-38-13-11-35-34(36)45-28-33-31-9-5-3-7-29(31)30-8-4-6-10-32(30)33/h1,3-10,33H,11-28H2,(H,35,36). The van der Waals surface area contributed by atoms with E-state index in [4.69, 9.17) is 49.1 Å². The van der Waals surface area contributed by atoms with E-state index in [0.717, 1.165) is 0 Å². The summed E-state index contributed by atoms with van der Waals surface area (Å²) in [5.41, 5.74) is 4.78. The average Bonchev–Trinajstić information content (AvgIpc) is 3.39. The van der Waals surface area contributed by atoms with Gasteiger partial charge in [0.05, 0.1) is 99.1 Å². The lowest BCUT2D eigenvalue weighted by atomic mass is 9.98. The second kappa shape index (κ2) is 24.2. The number of terminal acetylenes is 1. The summed E-state index contributed by atoms with van der Waals surface area (Å²) in [5, 5.41) is 2.74. The number of benzene rings is 2. The molecule has 2 aromatic rings. The molecule has 0 atom stereocenters. The first kappa shape index (κ1) is 36.4. The number of hydrogen-bond acceptors (Lipinski definition) is 10. The van der Waals surface area contributed by atoms with E-state index in [1.54, 1.807) is 0 Å². The van der Waals surface area contributed by atoms with Crippen molar-refractivity contribution in [1.29, 1.82) is 0 Å². The van der Waals surface area contributed by atoms with E-state index in [1.165, 1.54) is 22.3 Å². The van der Waals surface area contributed by atoms with Crippen LogP contribution in [0.1, 0.15) is 17.0 Å². The van der Waals surface area contributed by atoms with Crippen LogP contribution in [0.15, 0.2) is 48.5 Å². The van der Waals surface area contributed by atoms with Gasteiger partial charge in [0, 0.05) is 12.5 Å². The van der Waals surface area contributed by atoms with Gasteiger partial charge in [0.25, 0.3) is 0 Å². The normalized spacial score (nSPS) is 12.1. The molecule has 11 nitrogen and oxygen atoms in total. The number of alkyl carbamates (subject to hydrolysis) is 1. The van der Waals surface area contributed by atoms with Crippen LogP contribution >= 0.6 is 0 Å². The van der Waals surface area contributed by atoms with E-state index in [0.29, 0.717) is 112 Å². The van der Waals surface area contributed by atoms with Gasteiger partial charge in [-0.3, -0.25) is 0 Å². The highest BCUT2D eigenvalue weighted by molar-refractivity contribution is 5.79. The Morgan fingerprint density at radius 2 is 0.956 bits per heavy atom. The van der Waals surface area contributed by atoms with E-state index in [-0.39, 0.29) is 12.5 Å². The zero-order valence-electron chi connectivity index (χ0n) is 26.1. The number of carbonyl (C=O) groups excluding carboxylic acids is 1. The van der Waals surface area contributed by atoms with Gasteiger partial charge in [-0.1, -0.05) is 54.5 Å². The van der Waals surface area contributed by atoms with Crippen molar-refractivity contribution in [3.63, 3.8) is 0 Å². The van der Waals surface area contributed by atoms with Crippen molar-refractivity contribution in [2.45, 2.75) is 5.92 Å². The zero-order valence-corrected chi connectivity index (χ0v) is 26.1. The van der Waals surface area contributed by atoms with Gasteiger partial charge < -0.3 is 47.9 Å². The molecule has 0 aliphatic heterocycles. The number of carbonyl (C=O) groups is 1. The highest BCUT2D eigenvalue weighted by atomic mass is 16.6. The maximum atomic E-state index is 12.2. The Morgan fingerprint density at radius 1 is 0.578 bits per heavy atom. The predicted molar refractivity (Wildman–Crippen MR) is 168 cm³/mol. The first-order valence-corrected chi connectivity index (χ1v) is 15.5. The molecule has 0 spiro atoms. The summed E-state index contributed by atoms with van der Waals surface area (Å²) >= 11 is 0. The SMILES string of the molecule is C#CCOCCOCCOCCOCCOCCOCCOCCOCCNC(=O)OCC1c2ccccc2-c2ccccc21. The minimum absolute atomic E-state index is 0.0403. The minimum Gasteiger partial charge on any atom is -0.449 e. The molecule has 248 valence electrons. The Balaban J connectivity index is 1.01. The zero-order chi connectivity index (χ0) is 31.6. The lowest BCUT2D eigenvalue weighted by Crippen LogP contribution is -2.29. The summed E-state index contributed by atoms with van der Waals surface area (Å²) in [6, 6.07) is 16.5. The van der Waals surface area contributed by atoms with E-state index in [1.807, 2.05) is 24.3 Å². The molecule has 0 unspecified atom stereocenters. The third-order valence-electron chi connectivity index (χ3n) is 6.65. The van der Waals surface area contributed by atoms with Crippen LogP contribution in [-0.2, 0) is 42.6 Å². The molecule has 0 bridgehead atoms. The highest BCUT2D eigenvalue weighted by Gasteiger charge is 2.28. The Bertz CT molecular complexity index is 1060. The predicted octanol–water partition coefficient (Wildman–Crippen LogP) is 3.29. The molecule has 0 heterocycles. The average molecular weight is 630 g/mol. The Kier molecular flexibility index (Phi) is 19.6. The van der Waals surface area contributed by atoms with Crippen LogP contribution in [0.5, 0.6) is 0 Å². The third kappa shape index (κ3) is 15.2. The van der Waals surface area contributed by atoms with Crippen molar-refractivity contribution < 1.29 is 47.4 Å². The molecule has 2 aromatic carbocycles. The van der Waals surface area contributed by atoms with E-state index in [9.17, 15) is 4.79 Å². The summed E-state index contributed by atoms with van der Waals surface area (Å²) in [7, 11) is 0. The lowest BCUT2D eigenvalue weighted by molar-refractivity contribution is -0.0224. The van der Waals surface area contributed by atoms with Crippen LogP contribution in [0.3, 0.4) is 0 Å². The minimum atomic E-state index is -0.451. The summed E-state index contributed by atoms with van der Waals surface area (Å²) < 4.78 is 48.8. The summed E-state index contributed by atoms with van der Waals surface area (Å²) in [6.07, 6.45) is 4.63. The Morgan fingerprint density at radius 3 is 1.38 bits per heavy atom. The molecular formula is C34H47NO10. The molecule has 45 heavy (non-hydrogen) atoms. The Labute approximate surface area is 266 Å². The maximum Gasteiger partial charge on any atom is 0.407 e. The second-order valence-electron chi connectivity index (χ2n) is 9.80. The van der Waals surface area contributed by atoms with Crippen molar-refractivity contribution >= 4 is 6.09 Å². The van der Waals surface area contributed by atoms with Crippen molar-refractivity contribution in [3.8, 4) is 23.5 Å². The van der Waals surface area contributed by atoms with Crippen LogP contribution in [0, 0.1) is 12.3 Å². The number of ether oxygens (including phenoxy) is 9. The molecule has 1 N–H and O–H groups in total. The topological polar surface area (TPSA) is 112 Å². The molecule has 0 radical (unpaired) electrons. The molecule has 3 rings (SSSR count). The van der Waals surface area contributed by atoms with Gasteiger partial charge in [-0.2, -0.15) is 0 Å². The first-order chi connectivity index (χ1) is 22.3. The molecule has 1 amide bonds. The van der Waals surface area contributed by atoms with Gasteiger partial charge >= 0.3 is 6.09 Å².